The van der Waals surface area contributed by atoms with Crippen LogP contribution in [0.3, 0.4) is 0 Å². The zero-order valence-corrected chi connectivity index (χ0v) is 16.4. The molecule has 140 valence electrons. The van der Waals surface area contributed by atoms with Crippen LogP contribution in [0.25, 0.3) is 10.9 Å². The molecule has 0 radical (unpaired) electrons. The van der Waals surface area contributed by atoms with Gasteiger partial charge in [0, 0.05) is 22.8 Å². The minimum Gasteiger partial charge on any atom is -0.395 e. The summed E-state index contributed by atoms with van der Waals surface area (Å²) in [5.74, 6) is 0. The van der Waals surface area contributed by atoms with Gasteiger partial charge >= 0.3 is 0 Å². The number of aromatic nitrogens is 1. The monoisotopic (exact) mass is 401 g/mol. The van der Waals surface area contributed by atoms with Crippen molar-refractivity contribution in [2.75, 3.05) is 18.5 Å². The molecule has 0 aliphatic heterocycles. The number of nitrogens with one attached hydrogen (secondary N) is 2. The highest BCUT2D eigenvalue weighted by atomic mass is 35.5. The smallest absolute Gasteiger partial charge is 0.253 e. The van der Waals surface area contributed by atoms with E-state index in [4.69, 9.17) is 23.8 Å². The molecule has 0 aliphatic rings. The van der Waals surface area contributed by atoms with Crippen LogP contribution in [-0.2, 0) is 6.54 Å². The van der Waals surface area contributed by atoms with Crippen LogP contribution >= 0.6 is 23.8 Å². The molecule has 3 aromatic rings. The molecule has 0 amide bonds. The molecule has 1 aromatic heterocycles. The fraction of sp³-hybridized carbons (Fsp3) is 0.200. The number of para-hydroxylation sites is 1. The van der Waals surface area contributed by atoms with Crippen molar-refractivity contribution in [1.29, 1.82) is 0 Å². The van der Waals surface area contributed by atoms with E-state index in [0.29, 0.717) is 22.2 Å². The Morgan fingerprint density at radius 1 is 1.26 bits per heavy atom. The first-order chi connectivity index (χ1) is 13.0. The lowest BCUT2D eigenvalue weighted by atomic mass is 10.1. The highest BCUT2D eigenvalue weighted by molar-refractivity contribution is 7.80. The largest absolute Gasteiger partial charge is 0.395 e. The number of pyridine rings is 1. The molecular weight excluding hydrogens is 382 g/mol. The highest BCUT2D eigenvalue weighted by Crippen LogP contribution is 2.18. The first kappa shape index (κ1) is 19.4. The lowest BCUT2D eigenvalue weighted by molar-refractivity contribution is 0.248. The van der Waals surface area contributed by atoms with Gasteiger partial charge in [-0.2, -0.15) is 0 Å². The van der Waals surface area contributed by atoms with Gasteiger partial charge in [-0.1, -0.05) is 35.9 Å². The third kappa shape index (κ3) is 4.66. The molecule has 0 bridgehead atoms. The van der Waals surface area contributed by atoms with Gasteiger partial charge < -0.3 is 20.3 Å². The van der Waals surface area contributed by atoms with E-state index in [-0.39, 0.29) is 18.7 Å². The maximum absolute atomic E-state index is 12.5. The minimum atomic E-state index is -0.162. The fourth-order valence-corrected chi connectivity index (χ4v) is 3.36. The van der Waals surface area contributed by atoms with Gasteiger partial charge in [0.1, 0.15) is 0 Å². The van der Waals surface area contributed by atoms with E-state index in [1.54, 1.807) is 17.0 Å². The van der Waals surface area contributed by atoms with Crippen molar-refractivity contribution in [1.82, 2.24) is 9.88 Å². The summed E-state index contributed by atoms with van der Waals surface area (Å²) >= 11 is 11.5. The summed E-state index contributed by atoms with van der Waals surface area (Å²) in [6.45, 7) is 2.46. The number of aliphatic hydroxyl groups is 1. The fourth-order valence-electron chi connectivity index (χ4n) is 2.89. The van der Waals surface area contributed by atoms with Crippen molar-refractivity contribution in [2.24, 2.45) is 0 Å². The number of benzene rings is 2. The molecule has 2 aromatic carbocycles. The lowest BCUT2D eigenvalue weighted by Crippen LogP contribution is -2.37. The van der Waals surface area contributed by atoms with Crippen LogP contribution in [0.15, 0.2) is 53.3 Å². The lowest BCUT2D eigenvalue weighted by Gasteiger charge is -2.25. The molecule has 5 nitrogen and oxygen atoms in total. The SMILES string of the molecule is Cc1cccc2cc(CN(CCO)C(=S)Nc3cccc(Cl)c3)c(=O)[nH]c12. The Hall–Kier alpha value is -2.41. The van der Waals surface area contributed by atoms with Crippen molar-refractivity contribution in [3.63, 3.8) is 0 Å². The van der Waals surface area contributed by atoms with Crippen LogP contribution in [-0.4, -0.2) is 33.3 Å². The van der Waals surface area contributed by atoms with Crippen molar-refractivity contribution < 1.29 is 5.11 Å². The molecule has 0 atom stereocenters. The van der Waals surface area contributed by atoms with Crippen LogP contribution in [0, 0.1) is 6.92 Å². The number of H-pyrrole nitrogens is 1. The number of anilines is 1. The van der Waals surface area contributed by atoms with Crippen LogP contribution in [0.5, 0.6) is 0 Å². The molecule has 0 fully saturated rings. The summed E-state index contributed by atoms with van der Waals surface area (Å²) in [7, 11) is 0. The minimum absolute atomic E-state index is 0.0814. The molecule has 3 N–H and O–H groups in total. The molecular formula is C20H20ClN3O2S. The van der Waals surface area contributed by atoms with E-state index in [9.17, 15) is 9.90 Å². The second-order valence-electron chi connectivity index (χ2n) is 6.25. The first-order valence-corrected chi connectivity index (χ1v) is 9.30. The zero-order valence-electron chi connectivity index (χ0n) is 14.8. The summed E-state index contributed by atoms with van der Waals surface area (Å²) in [5, 5.41) is 14.5. The molecule has 1 heterocycles. The Kier molecular flexibility index (Phi) is 6.11. The second kappa shape index (κ2) is 8.52. The molecule has 27 heavy (non-hydrogen) atoms. The standard InChI is InChI=1S/C20H20ClN3O2S/c1-13-4-2-5-14-10-15(19(26)23-18(13)14)12-24(8-9-25)20(27)22-17-7-3-6-16(21)11-17/h2-7,10-11,25H,8-9,12H2,1H3,(H,22,27)(H,23,26). The summed E-state index contributed by atoms with van der Waals surface area (Å²) in [6, 6.07) is 14.9. The average molecular weight is 402 g/mol. The Labute approximate surface area is 167 Å². The second-order valence-corrected chi connectivity index (χ2v) is 7.07. The van der Waals surface area contributed by atoms with Gasteiger partial charge in [0.25, 0.3) is 5.56 Å². The highest BCUT2D eigenvalue weighted by Gasteiger charge is 2.14. The normalized spacial score (nSPS) is 10.8. The third-order valence-electron chi connectivity index (χ3n) is 4.26. The van der Waals surface area contributed by atoms with E-state index in [1.165, 1.54) is 0 Å². The number of rotatable bonds is 5. The van der Waals surface area contributed by atoms with Crippen molar-refractivity contribution in [2.45, 2.75) is 13.5 Å². The van der Waals surface area contributed by atoms with Gasteiger partial charge in [-0.05, 0) is 54.4 Å². The zero-order chi connectivity index (χ0) is 19.4. The molecule has 3 rings (SSSR count). The number of aliphatic hydroxyl groups excluding tert-OH is 1. The van der Waals surface area contributed by atoms with Gasteiger partial charge in [0.2, 0.25) is 0 Å². The van der Waals surface area contributed by atoms with Crippen molar-refractivity contribution >= 4 is 45.5 Å². The van der Waals surface area contributed by atoms with Gasteiger partial charge in [-0.25, -0.2) is 0 Å². The number of hydrogen-bond acceptors (Lipinski definition) is 3. The number of aryl methyl sites for hydroxylation is 1. The van der Waals surface area contributed by atoms with E-state index in [0.717, 1.165) is 22.2 Å². The summed E-state index contributed by atoms with van der Waals surface area (Å²) in [6.07, 6.45) is 0. The number of nitrogens with zero attached hydrogens (tertiary/aromatic N) is 1. The quantitative estimate of drug-likeness (QED) is 0.569. The van der Waals surface area contributed by atoms with Crippen molar-refractivity contribution in [3.05, 3.63) is 75.0 Å². The Bertz CT molecular complexity index is 1040. The third-order valence-corrected chi connectivity index (χ3v) is 4.85. The van der Waals surface area contributed by atoms with E-state index in [2.05, 4.69) is 10.3 Å². The van der Waals surface area contributed by atoms with E-state index < -0.39 is 0 Å². The molecule has 0 unspecified atom stereocenters. The Balaban J connectivity index is 1.85. The number of hydrogen-bond donors (Lipinski definition) is 3. The maximum Gasteiger partial charge on any atom is 0.253 e. The number of fused-ring (bicyclic) bond motifs is 1. The number of halogens is 1. The number of aromatic amines is 1. The summed E-state index contributed by atoms with van der Waals surface area (Å²) < 4.78 is 0. The van der Waals surface area contributed by atoms with Crippen LogP contribution in [0.2, 0.25) is 5.02 Å². The summed E-state index contributed by atoms with van der Waals surface area (Å²) in [5.41, 5.74) is 3.02. The molecule has 0 aliphatic carbocycles. The predicted molar refractivity (Wildman–Crippen MR) is 114 cm³/mol. The van der Waals surface area contributed by atoms with Crippen LogP contribution in [0.4, 0.5) is 5.69 Å². The molecule has 0 saturated heterocycles. The molecule has 0 spiro atoms. The predicted octanol–water partition coefficient (Wildman–Crippen LogP) is 3.68. The van der Waals surface area contributed by atoms with Gasteiger partial charge in [-0.3, -0.25) is 4.79 Å². The topological polar surface area (TPSA) is 68.4 Å². The first-order valence-electron chi connectivity index (χ1n) is 8.52. The number of thiocarbonyl (C=S) groups is 1. The Morgan fingerprint density at radius 2 is 2.04 bits per heavy atom. The van der Waals surface area contributed by atoms with Crippen LogP contribution in [0.1, 0.15) is 11.1 Å². The molecule has 0 saturated carbocycles. The molecule has 7 heteroatoms. The maximum atomic E-state index is 12.5. The average Bonchev–Trinajstić information content (AvgIpc) is 2.63. The van der Waals surface area contributed by atoms with E-state index in [1.807, 2.05) is 43.3 Å². The van der Waals surface area contributed by atoms with Gasteiger partial charge in [0.15, 0.2) is 5.11 Å². The van der Waals surface area contributed by atoms with E-state index >= 15 is 0 Å². The van der Waals surface area contributed by atoms with Gasteiger partial charge in [-0.15, -0.1) is 0 Å². The Morgan fingerprint density at radius 3 is 2.78 bits per heavy atom. The van der Waals surface area contributed by atoms with Crippen LogP contribution < -0.4 is 10.9 Å². The summed E-state index contributed by atoms with van der Waals surface area (Å²) in [4.78, 5) is 17.2. The van der Waals surface area contributed by atoms with Gasteiger partial charge in [0.05, 0.1) is 18.7 Å². The van der Waals surface area contributed by atoms with Crippen molar-refractivity contribution in [3.8, 4) is 0 Å².